The monoisotopic (exact) mass is 354 g/mol. The number of nitrogens with zero attached hydrogens (tertiary/aromatic N) is 2. The first-order chi connectivity index (χ1) is 12.8. The van der Waals surface area contributed by atoms with Gasteiger partial charge in [0.2, 0.25) is 5.89 Å². The Morgan fingerprint density at radius 1 is 1.04 bits per heavy atom. The molecule has 3 rings (SSSR count). The molecule has 0 saturated carbocycles. The fourth-order valence-corrected chi connectivity index (χ4v) is 2.55. The predicted octanol–water partition coefficient (Wildman–Crippen LogP) is 3.90. The SMILES string of the molecule is COc1ccc(-c2nc(COCCCc3ccccn3)co2)c(OC)c1. The first-order valence-electron chi connectivity index (χ1n) is 8.44. The van der Waals surface area contributed by atoms with Crippen LogP contribution in [0.15, 0.2) is 53.3 Å². The van der Waals surface area contributed by atoms with Gasteiger partial charge in [-0.15, -0.1) is 0 Å². The summed E-state index contributed by atoms with van der Waals surface area (Å²) in [4.78, 5) is 8.77. The third kappa shape index (κ3) is 4.61. The van der Waals surface area contributed by atoms with E-state index in [0.29, 0.717) is 30.6 Å². The molecule has 0 aliphatic rings. The quantitative estimate of drug-likeness (QED) is 0.543. The van der Waals surface area contributed by atoms with Crippen molar-refractivity contribution in [3.63, 3.8) is 0 Å². The number of hydrogen-bond acceptors (Lipinski definition) is 6. The van der Waals surface area contributed by atoms with Gasteiger partial charge in [-0.2, -0.15) is 0 Å². The minimum atomic E-state index is 0.407. The first-order valence-corrected chi connectivity index (χ1v) is 8.44. The molecule has 2 heterocycles. The van der Waals surface area contributed by atoms with Crippen LogP contribution in [0.4, 0.5) is 0 Å². The Balaban J connectivity index is 1.52. The molecule has 0 N–H and O–H groups in total. The molecule has 0 bridgehead atoms. The Morgan fingerprint density at radius 2 is 1.96 bits per heavy atom. The minimum absolute atomic E-state index is 0.407. The maximum Gasteiger partial charge on any atom is 0.230 e. The van der Waals surface area contributed by atoms with E-state index in [1.807, 2.05) is 30.3 Å². The minimum Gasteiger partial charge on any atom is -0.497 e. The van der Waals surface area contributed by atoms with Gasteiger partial charge in [0.05, 0.1) is 26.4 Å². The van der Waals surface area contributed by atoms with Crippen LogP contribution < -0.4 is 9.47 Å². The summed E-state index contributed by atoms with van der Waals surface area (Å²) in [6, 6.07) is 11.4. The van der Waals surface area contributed by atoms with E-state index >= 15 is 0 Å². The molecule has 0 spiro atoms. The van der Waals surface area contributed by atoms with Crippen LogP contribution in [-0.4, -0.2) is 30.8 Å². The summed E-state index contributed by atoms with van der Waals surface area (Å²) in [5, 5.41) is 0. The fraction of sp³-hybridized carbons (Fsp3) is 0.300. The van der Waals surface area contributed by atoms with Crippen molar-refractivity contribution in [3.8, 4) is 23.0 Å². The van der Waals surface area contributed by atoms with Gasteiger partial charge in [-0.1, -0.05) is 6.07 Å². The van der Waals surface area contributed by atoms with E-state index in [2.05, 4.69) is 9.97 Å². The molecule has 0 aliphatic heterocycles. The molecule has 0 unspecified atom stereocenters. The summed E-state index contributed by atoms with van der Waals surface area (Å²) in [6.45, 7) is 1.05. The molecule has 0 fully saturated rings. The van der Waals surface area contributed by atoms with Crippen LogP contribution in [0, 0.1) is 0 Å². The average Bonchev–Trinajstić information content (AvgIpc) is 3.16. The summed E-state index contributed by atoms with van der Waals surface area (Å²) in [7, 11) is 3.22. The molecule has 2 aromatic heterocycles. The van der Waals surface area contributed by atoms with Crippen molar-refractivity contribution < 1.29 is 18.6 Å². The van der Waals surface area contributed by atoms with Gasteiger partial charge in [-0.25, -0.2) is 4.98 Å². The summed E-state index contributed by atoms with van der Waals surface area (Å²) < 4.78 is 21.8. The predicted molar refractivity (Wildman–Crippen MR) is 97.3 cm³/mol. The Bertz CT molecular complexity index is 818. The highest BCUT2D eigenvalue weighted by molar-refractivity contribution is 5.64. The van der Waals surface area contributed by atoms with Crippen molar-refractivity contribution in [2.24, 2.45) is 0 Å². The Kier molecular flexibility index (Phi) is 6.22. The number of rotatable bonds is 9. The van der Waals surface area contributed by atoms with E-state index in [0.717, 1.165) is 29.8 Å². The summed E-state index contributed by atoms with van der Waals surface area (Å²) in [6.07, 6.45) is 5.22. The van der Waals surface area contributed by atoms with Crippen molar-refractivity contribution in [3.05, 3.63) is 60.2 Å². The largest absolute Gasteiger partial charge is 0.497 e. The van der Waals surface area contributed by atoms with Crippen molar-refractivity contribution >= 4 is 0 Å². The number of aryl methyl sites for hydroxylation is 1. The highest BCUT2D eigenvalue weighted by Crippen LogP contribution is 2.32. The van der Waals surface area contributed by atoms with E-state index in [1.165, 1.54) is 0 Å². The second kappa shape index (κ2) is 9.01. The van der Waals surface area contributed by atoms with Crippen LogP contribution in [0.1, 0.15) is 17.8 Å². The van der Waals surface area contributed by atoms with Crippen molar-refractivity contribution in [1.82, 2.24) is 9.97 Å². The zero-order chi connectivity index (χ0) is 18.2. The van der Waals surface area contributed by atoms with E-state index in [1.54, 1.807) is 32.7 Å². The number of pyridine rings is 1. The lowest BCUT2D eigenvalue weighted by Crippen LogP contribution is -1.99. The number of hydrogen-bond donors (Lipinski definition) is 0. The van der Waals surface area contributed by atoms with Gasteiger partial charge in [0.1, 0.15) is 23.5 Å². The van der Waals surface area contributed by atoms with Crippen LogP contribution in [0.5, 0.6) is 11.5 Å². The molecule has 0 radical (unpaired) electrons. The van der Waals surface area contributed by atoms with Gasteiger partial charge in [0.15, 0.2) is 0 Å². The van der Waals surface area contributed by atoms with Crippen LogP contribution in [0.2, 0.25) is 0 Å². The third-order valence-electron chi connectivity index (χ3n) is 3.89. The molecule has 136 valence electrons. The van der Waals surface area contributed by atoms with E-state index in [4.69, 9.17) is 18.6 Å². The molecule has 6 heteroatoms. The molecule has 0 amide bonds. The van der Waals surface area contributed by atoms with Crippen molar-refractivity contribution in [2.75, 3.05) is 20.8 Å². The maximum atomic E-state index is 5.68. The highest BCUT2D eigenvalue weighted by atomic mass is 16.5. The molecule has 0 aliphatic carbocycles. The number of ether oxygens (including phenoxy) is 3. The third-order valence-corrected chi connectivity index (χ3v) is 3.89. The zero-order valence-electron chi connectivity index (χ0n) is 15.0. The first kappa shape index (κ1) is 17.9. The standard InChI is InChI=1S/C20H22N2O4/c1-23-17-8-9-18(19(12-17)24-2)20-22-16(14-26-20)13-25-11-5-7-15-6-3-4-10-21-15/h3-4,6,8-10,12,14H,5,7,11,13H2,1-2H3. The van der Waals surface area contributed by atoms with Gasteiger partial charge in [0.25, 0.3) is 0 Å². The summed E-state index contributed by atoms with van der Waals surface area (Å²) >= 11 is 0. The fourth-order valence-electron chi connectivity index (χ4n) is 2.55. The highest BCUT2D eigenvalue weighted by Gasteiger charge is 2.13. The zero-order valence-corrected chi connectivity index (χ0v) is 15.0. The normalized spacial score (nSPS) is 10.7. The lowest BCUT2D eigenvalue weighted by atomic mass is 10.2. The van der Waals surface area contributed by atoms with Gasteiger partial charge >= 0.3 is 0 Å². The van der Waals surface area contributed by atoms with E-state index < -0.39 is 0 Å². The average molecular weight is 354 g/mol. The molecule has 0 atom stereocenters. The van der Waals surface area contributed by atoms with Crippen molar-refractivity contribution in [2.45, 2.75) is 19.4 Å². The molecular weight excluding hydrogens is 332 g/mol. The second-order valence-electron chi connectivity index (χ2n) is 5.69. The lowest BCUT2D eigenvalue weighted by Gasteiger charge is -2.07. The second-order valence-corrected chi connectivity index (χ2v) is 5.69. The van der Waals surface area contributed by atoms with Crippen LogP contribution in [0.3, 0.4) is 0 Å². The van der Waals surface area contributed by atoms with E-state index in [-0.39, 0.29) is 0 Å². The molecule has 26 heavy (non-hydrogen) atoms. The Morgan fingerprint density at radius 3 is 2.73 bits per heavy atom. The Labute approximate surface area is 152 Å². The van der Waals surface area contributed by atoms with Gasteiger partial charge in [0, 0.05) is 24.6 Å². The Hall–Kier alpha value is -2.86. The molecule has 6 nitrogen and oxygen atoms in total. The number of oxazole rings is 1. The smallest absolute Gasteiger partial charge is 0.230 e. The van der Waals surface area contributed by atoms with Crippen LogP contribution in [-0.2, 0) is 17.8 Å². The van der Waals surface area contributed by atoms with Crippen LogP contribution in [0.25, 0.3) is 11.5 Å². The summed E-state index contributed by atoms with van der Waals surface area (Å²) in [5.41, 5.74) is 2.59. The molecule has 0 saturated heterocycles. The van der Waals surface area contributed by atoms with Gasteiger partial charge in [-0.05, 0) is 37.1 Å². The van der Waals surface area contributed by atoms with E-state index in [9.17, 15) is 0 Å². The topological polar surface area (TPSA) is 66.6 Å². The molecule has 1 aromatic carbocycles. The number of benzene rings is 1. The maximum absolute atomic E-state index is 5.68. The van der Waals surface area contributed by atoms with Gasteiger partial charge in [-0.3, -0.25) is 4.98 Å². The summed E-state index contributed by atoms with van der Waals surface area (Å²) in [5.74, 6) is 1.86. The number of aromatic nitrogens is 2. The molecular formula is C20H22N2O4. The lowest BCUT2D eigenvalue weighted by molar-refractivity contribution is 0.116. The number of methoxy groups -OCH3 is 2. The van der Waals surface area contributed by atoms with Crippen LogP contribution >= 0.6 is 0 Å². The molecule has 3 aromatic rings. The van der Waals surface area contributed by atoms with Crippen molar-refractivity contribution in [1.29, 1.82) is 0 Å². The van der Waals surface area contributed by atoms with Gasteiger partial charge < -0.3 is 18.6 Å².